The van der Waals surface area contributed by atoms with E-state index in [2.05, 4.69) is 6.92 Å². The lowest BCUT2D eigenvalue weighted by Gasteiger charge is -2.29. The van der Waals surface area contributed by atoms with Gasteiger partial charge in [0.05, 0.1) is 6.61 Å². The van der Waals surface area contributed by atoms with E-state index in [1.54, 1.807) is 0 Å². The van der Waals surface area contributed by atoms with Crippen molar-refractivity contribution in [3.05, 3.63) is 11.6 Å². The average Bonchev–Trinajstić information content (AvgIpc) is 3.21. The minimum Gasteiger partial charge on any atom is -0.453 e. The molecule has 3 aliphatic heterocycles. The van der Waals surface area contributed by atoms with E-state index >= 15 is 0 Å². The highest BCUT2D eigenvalue weighted by Gasteiger charge is 2.60. The molecule has 7 nitrogen and oxygen atoms in total. The zero-order valence-electron chi connectivity index (χ0n) is 18.7. The van der Waals surface area contributed by atoms with Gasteiger partial charge in [-0.05, 0) is 40.0 Å². The number of hydrogen-bond acceptors (Lipinski definition) is 7. The van der Waals surface area contributed by atoms with Crippen LogP contribution in [-0.4, -0.2) is 54.9 Å². The Bertz CT molecular complexity index is 625. The zero-order valence-corrected chi connectivity index (χ0v) is 18.7. The second-order valence-electron chi connectivity index (χ2n) is 9.26. The summed E-state index contributed by atoms with van der Waals surface area (Å²) in [4.78, 5) is 13.1. The first-order chi connectivity index (χ1) is 13.5. The lowest BCUT2D eigenvalue weighted by molar-refractivity contribution is -0.235. The fraction of sp³-hybridized carbons (Fsp3) is 0.864. The summed E-state index contributed by atoms with van der Waals surface area (Å²) in [5, 5.41) is 0. The van der Waals surface area contributed by atoms with Crippen LogP contribution >= 0.6 is 0 Å². The van der Waals surface area contributed by atoms with E-state index in [9.17, 15) is 4.79 Å². The lowest BCUT2D eigenvalue weighted by atomic mass is 10.0. The van der Waals surface area contributed by atoms with E-state index in [1.165, 1.54) is 0 Å². The standard InChI is InChI=1S/C22H36O7/c1-8-9-10-11-14(13(2)3)19(23)25-17-16(15-12-24-21(4,5)27-15)26-20-18(17)28-22(6,7)29-20/h11,13,15-18,20H,8-10,12H2,1-7H3/b14-11+/t15-,16-,17+,18-,20-/m1/s1. The van der Waals surface area contributed by atoms with Crippen molar-refractivity contribution in [2.45, 2.75) is 110 Å². The minimum atomic E-state index is -0.797. The highest BCUT2D eigenvalue weighted by Crippen LogP contribution is 2.42. The fourth-order valence-electron chi connectivity index (χ4n) is 4.02. The van der Waals surface area contributed by atoms with Crippen LogP contribution in [0.3, 0.4) is 0 Å². The SMILES string of the molecule is CCCC/C=C(/C(=O)O[C@@H]1[C@H]2OC(C)(C)O[C@H]2O[C@@H]1[C@H]1COC(C)(C)O1)C(C)C. The van der Waals surface area contributed by atoms with Gasteiger partial charge < -0.3 is 28.4 Å². The monoisotopic (exact) mass is 412 g/mol. The first-order valence-electron chi connectivity index (χ1n) is 10.8. The number of ether oxygens (including phenoxy) is 6. The van der Waals surface area contributed by atoms with Gasteiger partial charge in [-0.2, -0.15) is 0 Å². The Kier molecular flexibility index (Phi) is 6.75. The number of rotatable bonds is 7. The summed E-state index contributed by atoms with van der Waals surface area (Å²) in [5.74, 6) is -1.76. The van der Waals surface area contributed by atoms with E-state index < -0.39 is 36.2 Å². The number of unbranched alkanes of at least 4 members (excludes halogenated alkanes) is 2. The lowest BCUT2D eigenvalue weighted by Crippen LogP contribution is -2.45. The van der Waals surface area contributed by atoms with Gasteiger partial charge in [-0.25, -0.2) is 4.79 Å². The largest absolute Gasteiger partial charge is 0.453 e. The van der Waals surface area contributed by atoms with E-state index in [0.717, 1.165) is 19.3 Å². The molecule has 0 radical (unpaired) electrons. The van der Waals surface area contributed by atoms with Crippen LogP contribution in [0.5, 0.6) is 0 Å². The molecule has 0 aromatic heterocycles. The van der Waals surface area contributed by atoms with E-state index in [4.69, 9.17) is 28.4 Å². The molecular weight excluding hydrogens is 376 g/mol. The van der Waals surface area contributed by atoms with Gasteiger partial charge in [0.25, 0.3) is 0 Å². The van der Waals surface area contributed by atoms with Crippen LogP contribution in [0, 0.1) is 5.92 Å². The molecule has 0 unspecified atom stereocenters. The third-order valence-electron chi connectivity index (χ3n) is 5.45. The summed E-state index contributed by atoms with van der Waals surface area (Å²) in [5.41, 5.74) is 0.683. The predicted molar refractivity (Wildman–Crippen MR) is 106 cm³/mol. The third kappa shape index (κ3) is 5.20. The summed E-state index contributed by atoms with van der Waals surface area (Å²) in [7, 11) is 0. The smallest absolute Gasteiger partial charge is 0.334 e. The minimum absolute atomic E-state index is 0.0677. The van der Waals surface area contributed by atoms with E-state index in [1.807, 2.05) is 47.6 Å². The first-order valence-corrected chi connectivity index (χ1v) is 10.8. The van der Waals surface area contributed by atoms with Crippen LogP contribution in [0.25, 0.3) is 0 Å². The molecule has 7 heteroatoms. The molecule has 3 heterocycles. The molecule has 0 aromatic rings. The molecule has 0 aromatic carbocycles. The molecule has 0 amide bonds. The maximum absolute atomic E-state index is 13.1. The molecular formula is C22H36O7. The van der Waals surface area contributed by atoms with E-state index in [-0.39, 0.29) is 18.0 Å². The Morgan fingerprint density at radius 1 is 1.10 bits per heavy atom. The topological polar surface area (TPSA) is 72.5 Å². The number of carbonyl (C=O) groups excluding carboxylic acids is 1. The summed E-state index contributed by atoms with van der Waals surface area (Å²) in [6, 6.07) is 0. The van der Waals surface area contributed by atoms with Crippen molar-refractivity contribution in [1.82, 2.24) is 0 Å². The van der Waals surface area contributed by atoms with E-state index in [0.29, 0.717) is 12.2 Å². The fourth-order valence-corrected chi connectivity index (χ4v) is 4.02. The zero-order chi connectivity index (χ0) is 21.4. The first kappa shape index (κ1) is 22.7. The maximum atomic E-state index is 13.1. The van der Waals surface area contributed by atoms with Gasteiger partial charge in [0, 0.05) is 5.57 Å². The second kappa shape index (κ2) is 8.63. The molecule has 3 aliphatic rings. The van der Waals surface area contributed by atoms with Crippen molar-refractivity contribution in [1.29, 1.82) is 0 Å². The number of allylic oxidation sites excluding steroid dienone is 1. The van der Waals surface area contributed by atoms with Gasteiger partial charge in [0.1, 0.15) is 12.2 Å². The van der Waals surface area contributed by atoms with Crippen LogP contribution < -0.4 is 0 Å². The Morgan fingerprint density at radius 2 is 1.83 bits per heavy atom. The molecule has 0 spiro atoms. The van der Waals surface area contributed by atoms with Crippen molar-refractivity contribution >= 4 is 5.97 Å². The second-order valence-corrected chi connectivity index (χ2v) is 9.26. The van der Waals surface area contributed by atoms with Crippen LogP contribution in [0.1, 0.15) is 67.7 Å². The molecule has 0 saturated carbocycles. The number of hydrogen-bond donors (Lipinski definition) is 0. The van der Waals surface area contributed by atoms with Gasteiger partial charge in [-0.3, -0.25) is 0 Å². The van der Waals surface area contributed by atoms with Gasteiger partial charge in [-0.15, -0.1) is 0 Å². The molecule has 3 saturated heterocycles. The normalized spacial score (nSPS) is 35.9. The van der Waals surface area contributed by atoms with Crippen molar-refractivity contribution < 1.29 is 33.2 Å². The van der Waals surface area contributed by atoms with Gasteiger partial charge in [0.15, 0.2) is 30.1 Å². The highest BCUT2D eigenvalue weighted by molar-refractivity contribution is 5.89. The molecule has 0 aliphatic carbocycles. The summed E-state index contributed by atoms with van der Waals surface area (Å²) in [6.07, 6.45) is 2.34. The van der Waals surface area contributed by atoms with Gasteiger partial charge in [-0.1, -0.05) is 39.7 Å². The summed E-state index contributed by atoms with van der Waals surface area (Å²) < 4.78 is 35.7. The van der Waals surface area contributed by atoms with Crippen molar-refractivity contribution in [2.75, 3.05) is 6.61 Å². The third-order valence-corrected chi connectivity index (χ3v) is 5.45. The Morgan fingerprint density at radius 3 is 2.41 bits per heavy atom. The van der Waals surface area contributed by atoms with Crippen LogP contribution in [0.4, 0.5) is 0 Å². The molecule has 5 atom stereocenters. The Balaban J connectivity index is 1.78. The molecule has 0 bridgehead atoms. The highest BCUT2D eigenvalue weighted by atomic mass is 16.8. The molecule has 0 N–H and O–H groups in total. The van der Waals surface area contributed by atoms with Crippen LogP contribution in [0.2, 0.25) is 0 Å². The molecule has 166 valence electrons. The van der Waals surface area contributed by atoms with Gasteiger partial charge in [0.2, 0.25) is 0 Å². The van der Waals surface area contributed by atoms with Gasteiger partial charge >= 0.3 is 5.97 Å². The summed E-state index contributed by atoms with van der Waals surface area (Å²) in [6.45, 7) is 13.8. The quantitative estimate of drug-likeness (QED) is 0.359. The Labute approximate surface area is 174 Å². The van der Waals surface area contributed by atoms with Crippen LogP contribution in [0.15, 0.2) is 11.6 Å². The van der Waals surface area contributed by atoms with Crippen molar-refractivity contribution in [2.24, 2.45) is 5.92 Å². The maximum Gasteiger partial charge on any atom is 0.334 e. The molecule has 3 fully saturated rings. The van der Waals surface area contributed by atoms with Crippen molar-refractivity contribution in [3.63, 3.8) is 0 Å². The van der Waals surface area contributed by atoms with Crippen LogP contribution in [-0.2, 0) is 33.2 Å². The molecule has 29 heavy (non-hydrogen) atoms. The summed E-state index contributed by atoms with van der Waals surface area (Å²) >= 11 is 0. The number of carbonyl (C=O) groups is 1. The average molecular weight is 413 g/mol. The van der Waals surface area contributed by atoms with Crippen molar-refractivity contribution in [3.8, 4) is 0 Å². The molecule has 3 rings (SSSR count). The number of fused-ring (bicyclic) bond motifs is 1. The Hall–Kier alpha value is -0.990. The predicted octanol–water partition coefficient (Wildman–Crippen LogP) is 3.70. The number of esters is 1.